The molecule has 1 atom stereocenters. The molecule has 48 valence electrons. The summed E-state index contributed by atoms with van der Waals surface area (Å²) in [7, 11) is 0. The van der Waals surface area contributed by atoms with Crippen LogP contribution in [-0.4, -0.2) is 0 Å². The van der Waals surface area contributed by atoms with Crippen LogP contribution in [0.4, 0.5) is 9.41 Å². The molecule has 0 aromatic carbocycles. The van der Waals surface area contributed by atoms with Crippen LogP contribution in [0.5, 0.6) is 0 Å². The van der Waals surface area contributed by atoms with Gasteiger partial charge in [-0.3, -0.25) is 9.41 Å². The molecule has 0 nitrogen and oxygen atoms in total. The van der Waals surface area contributed by atoms with Crippen molar-refractivity contribution in [2.75, 3.05) is 0 Å². The van der Waals surface area contributed by atoms with Gasteiger partial charge >= 0.3 is 0 Å². The van der Waals surface area contributed by atoms with Gasteiger partial charge in [0.05, 0.1) is 0 Å². The number of hydrogen-bond acceptors (Lipinski definition) is 0. The van der Waals surface area contributed by atoms with E-state index in [0.29, 0.717) is 0 Å². The molecular weight excluding hydrogens is 117 g/mol. The van der Waals surface area contributed by atoms with Crippen molar-refractivity contribution < 1.29 is 9.41 Å². The SMILES string of the molecule is C1CCC1.F.F.P. The van der Waals surface area contributed by atoms with Crippen molar-refractivity contribution in [3.8, 4) is 0 Å². The highest BCUT2D eigenvalue weighted by Gasteiger charge is 1.95. The number of rotatable bonds is 0. The van der Waals surface area contributed by atoms with Gasteiger partial charge in [-0.25, -0.2) is 0 Å². The van der Waals surface area contributed by atoms with Crippen LogP contribution < -0.4 is 0 Å². The van der Waals surface area contributed by atoms with E-state index >= 15 is 0 Å². The fourth-order valence-corrected chi connectivity index (χ4v) is 0.250. The first kappa shape index (κ1) is 15.7. The third-order valence-electron chi connectivity index (χ3n) is 1.000. The average Bonchev–Trinajstić information content (AvgIpc) is 0.722. The van der Waals surface area contributed by atoms with Gasteiger partial charge < -0.3 is 0 Å². The zero-order valence-electron chi connectivity index (χ0n) is 4.35. The summed E-state index contributed by atoms with van der Waals surface area (Å²) in [4.78, 5) is 0. The maximum Gasteiger partial charge on any atom is -0.0533 e. The molecule has 1 unspecified atom stereocenters. The lowest BCUT2D eigenvalue weighted by molar-refractivity contribution is 0.504. The minimum atomic E-state index is 0. The Balaban J connectivity index is -0.0000000533. The van der Waals surface area contributed by atoms with Gasteiger partial charge in [0.2, 0.25) is 0 Å². The van der Waals surface area contributed by atoms with Gasteiger partial charge in [-0.15, -0.1) is 0 Å². The maximum absolute atomic E-state index is 1.50. The normalized spacial score (nSPS) is 13.7. The fourth-order valence-electron chi connectivity index (χ4n) is 0.250. The van der Waals surface area contributed by atoms with Crippen molar-refractivity contribution in [3.05, 3.63) is 0 Å². The van der Waals surface area contributed by atoms with Crippen LogP contribution in [0.25, 0.3) is 0 Å². The molecule has 1 saturated carbocycles. The van der Waals surface area contributed by atoms with Crippen LogP contribution in [-0.2, 0) is 0 Å². The van der Waals surface area contributed by atoms with Crippen LogP contribution in [0.3, 0.4) is 0 Å². The van der Waals surface area contributed by atoms with Gasteiger partial charge in [-0.2, -0.15) is 9.90 Å². The molecule has 0 bridgehead atoms. The molecule has 0 radical (unpaired) electrons. The Morgan fingerprint density at radius 2 is 0.714 bits per heavy atom. The second kappa shape index (κ2) is 9.56. The summed E-state index contributed by atoms with van der Waals surface area (Å²) in [5.41, 5.74) is 0. The van der Waals surface area contributed by atoms with Gasteiger partial charge in [0.15, 0.2) is 0 Å². The van der Waals surface area contributed by atoms with Crippen molar-refractivity contribution in [3.63, 3.8) is 0 Å². The first-order valence-electron chi connectivity index (χ1n) is 2.00. The van der Waals surface area contributed by atoms with E-state index in [-0.39, 0.29) is 19.3 Å². The number of hydrogen-bond donors (Lipinski definition) is 0. The summed E-state index contributed by atoms with van der Waals surface area (Å²) in [6.45, 7) is 0. The summed E-state index contributed by atoms with van der Waals surface area (Å²) < 4.78 is 0. The Kier molecular flexibility index (Phi) is 21.4. The molecule has 0 aliphatic heterocycles. The van der Waals surface area contributed by atoms with Gasteiger partial charge in [0, 0.05) is 0 Å². The van der Waals surface area contributed by atoms with Crippen LogP contribution >= 0.6 is 9.90 Å². The van der Waals surface area contributed by atoms with Crippen LogP contribution in [0.15, 0.2) is 0 Å². The monoisotopic (exact) mass is 130 g/mol. The third-order valence-corrected chi connectivity index (χ3v) is 1.000. The Labute approximate surface area is 46.0 Å². The topological polar surface area (TPSA) is 0 Å². The van der Waals surface area contributed by atoms with E-state index in [4.69, 9.17) is 0 Å². The van der Waals surface area contributed by atoms with Crippen molar-refractivity contribution in [2.45, 2.75) is 25.7 Å². The molecule has 1 fully saturated rings. The molecule has 7 heavy (non-hydrogen) atoms. The standard InChI is InChI=1S/C4H8.2FH.H3P/c1-2-4-3-1;;;/h1-4H2;2*1H;1H3. The summed E-state index contributed by atoms with van der Waals surface area (Å²) in [6.07, 6.45) is 6.00. The lowest BCUT2D eigenvalue weighted by atomic mass is 10.0. The smallest absolute Gasteiger partial charge is 0.0533 e. The van der Waals surface area contributed by atoms with Crippen molar-refractivity contribution in [1.29, 1.82) is 0 Å². The quantitative estimate of drug-likeness (QED) is 0.439. The summed E-state index contributed by atoms with van der Waals surface area (Å²) >= 11 is 0. The highest BCUT2D eigenvalue weighted by molar-refractivity contribution is 6.92. The fraction of sp³-hybridized carbons (Fsp3) is 1.00. The van der Waals surface area contributed by atoms with Crippen LogP contribution in [0.2, 0.25) is 0 Å². The average molecular weight is 130 g/mol. The molecule has 1 aliphatic rings. The van der Waals surface area contributed by atoms with Gasteiger partial charge in [0.25, 0.3) is 0 Å². The zero-order valence-corrected chi connectivity index (χ0v) is 5.77. The van der Waals surface area contributed by atoms with Gasteiger partial charge in [-0.05, 0) is 0 Å². The predicted molar refractivity (Wildman–Crippen MR) is 34.6 cm³/mol. The minimum absolute atomic E-state index is 0. The lowest BCUT2D eigenvalue weighted by Gasteiger charge is -2.05. The van der Waals surface area contributed by atoms with Gasteiger partial charge in [0.1, 0.15) is 0 Å². The van der Waals surface area contributed by atoms with E-state index in [0.717, 1.165) is 0 Å². The first-order chi connectivity index (χ1) is 2.00. The molecule has 0 aromatic heterocycles. The van der Waals surface area contributed by atoms with Gasteiger partial charge in [-0.1, -0.05) is 25.7 Å². The summed E-state index contributed by atoms with van der Waals surface area (Å²) in [5.74, 6) is 0. The second-order valence-corrected chi connectivity index (χ2v) is 1.41. The Hall–Kier alpha value is 0.290. The molecule has 0 aromatic rings. The molecule has 0 spiro atoms. The highest BCUT2D eigenvalue weighted by Crippen LogP contribution is 2.15. The van der Waals surface area contributed by atoms with E-state index < -0.39 is 0 Å². The Bertz CT molecular complexity index is 17.7. The van der Waals surface area contributed by atoms with Crippen molar-refractivity contribution >= 4 is 9.90 Å². The van der Waals surface area contributed by atoms with Crippen LogP contribution in [0, 0.1) is 0 Å². The Morgan fingerprint density at radius 3 is 0.714 bits per heavy atom. The largest absolute Gasteiger partial charge is 0.269 e. The maximum atomic E-state index is 1.50. The predicted octanol–water partition coefficient (Wildman–Crippen LogP) is 1.92. The molecule has 0 amide bonds. The molecule has 1 aliphatic carbocycles. The van der Waals surface area contributed by atoms with Crippen molar-refractivity contribution in [2.24, 2.45) is 0 Å². The first-order valence-corrected chi connectivity index (χ1v) is 2.00. The molecule has 3 heteroatoms. The second-order valence-electron chi connectivity index (χ2n) is 1.41. The third kappa shape index (κ3) is 6.29. The minimum Gasteiger partial charge on any atom is -0.269 e. The lowest BCUT2D eigenvalue weighted by Crippen LogP contribution is -1.85. The molecule has 0 N–H and O–H groups in total. The van der Waals surface area contributed by atoms with Crippen LogP contribution in [0.1, 0.15) is 25.7 Å². The van der Waals surface area contributed by atoms with E-state index in [1.54, 1.807) is 0 Å². The van der Waals surface area contributed by atoms with E-state index in [9.17, 15) is 0 Å². The Morgan fingerprint density at radius 1 is 0.571 bits per heavy atom. The highest BCUT2D eigenvalue weighted by atomic mass is 31.0. The van der Waals surface area contributed by atoms with E-state index in [2.05, 4.69) is 0 Å². The summed E-state index contributed by atoms with van der Waals surface area (Å²) in [5, 5.41) is 0. The van der Waals surface area contributed by atoms with E-state index in [1.807, 2.05) is 0 Å². The summed E-state index contributed by atoms with van der Waals surface area (Å²) in [6, 6.07) is 0. The zero-order chi connectivity index (χ0) is 2.83. The molecular formula is C4H13F2P. The molecule has 0 saturated heterocycles. The van der Waals surface area contributed by atoms with Crippen molar-refractivity contribution in [1.82, 2.24) is 0 Å². The molecule has 0 heterocycles. The number of halogens is 2. The van der Waals surface area contributed by atoms with E-state index in [1.165, 1.54) is 25.7 Å². The molecule has 1 rings (SSSR count).